The summed E-state index contributed by atoms with van der Waals surface area (Å²) < 4.78 is 0. The van der Waals surface area contributed by atoms with E-state index in [2.05, 4.69) is 6.92 Å². The van der Waals surface area contributed by atoms with E-state index in [-0.39, 0.29) is 0 Å². The highest BCUT2D eigenvalue weighted by molar-refractivity contribution is 5.64. The van der Waals surface area contributed by atoms with Crippen LogP contribution in [0.5, 0.6) is 0 Å². The van der Waals surface area contributed by atoms with Gasteiger partial charge < -0.3 is 0 Å². The van der Waals surface area contributed by atoms with Gasteiger partial charge in [0.05, 0.1) is 0 Å². The Kier molecular flexibility index (Phi) is 19.4. The number of hydrogen-bond acceptors (Lipinski definition) is 3. The lowest BCUT2D eigenvalue weighted by atomic mass is 10.1. The predicted molar refractivity (Wildman–Crippen MR) is 49.2 cm³/mol. The molecule has 0 heterocycles. The Morgan fingerprint density at radius 1 is 1.17 bits per heavy atom. The van der Waals surface area contributed by atoms with Crippen molar-refractivity contribution < 1.29 is 15.3 Å². The summed E-state index contributed by atoms with van der Waals surface area (Å²) in [6.07, 6.45) is 10.5. The van der Waals surface area contributed by atoms with Crippen LogP contribution in [0, 0.1) is 0 Å². The van der Waals surface area contributed by atoms with Gasteiger partial charge in [-0.3, -0.25) is 15.3 Å². The van der Waals surface area contributed by atoms with E-state index >= 15 is 0 Å². The number of hydrogen-bond donors (Lipinski definition) is 2. The molecule has 0 spiro atoms. The van der Waals surface area contributed by atoms with Crippen LogP contribution in [0.2, 0.25) is 0 Å². The van der Waals surface area contributed by atoms with Crippen LogP contribution in [0.4, 0.5) is 0 Å². The lowest BCUT2D eigenvalue weighted by Gasteiger charge is -1.92. The molecule has 0 aromatic heterocycles. The first-order valence-corrected chi connectivity index (χ1v) is 4.22. The van der Waals surface area contributed by atoms with Crippen LogP contribution in [0.1, 0.15) is 39.0 Å². The summed E-state index contributed by atoms with van der Waals surface area (Å²) >= 11 is 0. The topological polar surface area (TPSA) is 57.5 Å². The van der Waals surface area contributed by atoms with Crippen molar-refractivity contribution in [3.05, 3.63) is 12.2 Å². The maximum Gasteiger partial charge on any atom is 0.142 e. The monoisotopic (exact) mass is 174 g/mol. The molecule has 12 heavy (non-hydrogen) atoms. The van der Waals surface area contributed by atoms with E-state index in [4.69, 9.17) is 10.5 Å². The highest BCUT2D eigenvalue weighted by Crippen LogP contribution is 2.02. The van der Waals surface area contributed by atoms with Gasteiger partial charge in [0, 0.05) is 0 Å². The number of carbonyl (C=O) groups is 1. The van der Waals surface area contributed by atoms with Crippen molar-refractivity contribution in [1.29, 1.82) is 0 Å². The third-order valence-electron chi connectivity index (χ3n) is 1.44. The molecular formula is C9H18O3. The number of aldehydes is 1. The van der Waals surface area contributed by atoms with Gasteiger partial charge in [0.25, 0.3) is 0 Å². The van der Waals surface area contributed by atoms with Gasteiger partial charge >= 0.3 is 0 Å². The average Bonchev–Trinajstić information content (AvgIpc) is 2.15. The molecule has 3 heteroatoms. The van der Waals surface area contributed by atoms with Crippen LogP contribution in [-0.2, 0) is 4.79 Å². The normalized spacial score (nSPS) is 9.25. The summed E-state index contributed by atoms with van der Waals surface area (Å²) in [5.74, 6) is 0. The second-order valence-corrected chi connectivity index (χ2v) is 2.41. The summed E-state index contributed by atoms with van der Waals surface area (Å²) in [5.41, 5.74) is 0. The van der Waals surface area contributed by atoms with Gasteiger partial charge in [0.2, 0.25) is 0 Å². The standard InChI is InChI=1S/C9H16O.H2O2/c1-2-3-4-5-6-7-8-9-10;1-2/h7-9H,2-6H2,1H3;1-2H. The van der Waals surface area contributed by atoms with Gasteiger partial charge in [-0.25, -0.2) is 0 Å². The maximum absolute atomic E-state index is 9.81. The molecule has 0 bridgehead atoms. The zero-order valence-corrected chi connectivity index (χ0v) is 7.57. The Morgan fingerprint density at radius 2 is 1.83 bits per heavy atom. The lowest BCUT2D eigenvalue weighted by Crippen LogP contribution is -1.73. The van der Waals surface area contributed by atoms with Crippen LogP contribution in [0.25, 0.3) is 0 Å². The van der Waals surface area contributed by atoms with Gasteiger partial charge in [-0.1, -0.05) is 32.3 Å². The zero-order valence-electron chi connectivity index (χ0n) is 7.57. The molecule has 0 aliphatic rings. The molecular weight excluding hydrogens is 156 g/mol. The molecule has 3 nitrogen and oxygen atoms in total. The fourth-order valence-corrected chi connectivity index (χ4v) is 0.841. The molecule has 0 aromatic rings. The first kappa shape index (κ1) is 13.9. The second kappa shape index (κ2) is 16.7. The number of allylic oxidation sites excluding steroid dienone is 2. The second-order valence-electron chi connectivity index (χ2n) is 2.41. The first-order valence-electron chi connectivity index (χ1n) is 4.22. The molecule has 0 amide bonds. The van der Waals surface area contributed by atoms with Crippen molar-refractivity contribution in [2.45, 2.75) is 39.0 Å². The number of carbonyl (C=O) groups excluding carboxylic acids is 1. The fourth-order valence-electron chi connectivity index (χ4n) is 0.841. The van der Waals surface area contributed by atoms with Crippen LogP contribution in [0.3, 0.4) is 0 Å². The fraction of sp³-hybridized carbons (Fsp3) is 0.667. The minimum absolute atomic E-state index is 0.833. The van der Waals surface area contributed by atoms with Crippen molar-refractivity contribution in [3.63, 3.8) is 0 Å². The van der Waals surface area contributed by atoms with E-state index in [0.29, 0.717) is 0 Å². The molecule has 0 saturated carbocycles. The van der Waals surface area contributed by atoms with Crippen molar-refractivity contribution in [3.8, 4) is 0 Å². The Balaban J connectivity index is 0. The lowest BCUT2D eigenvalue weighted by molar-refractivity contribution is -0.176. The quantitative estimate of drug-likeness (QED) is 0.214. The summed E-state index contributed by atoms with van der Waals surface area (Å²) in [5, 5.41) is 12.0. The molecule has 0 aliphatic heterocycles. The van der Waals surface area contributed by atoms with Gasteiger partial charge in [0.1, 0.15) is 6.29 Å². The Hall–Kier alpha value is -0.670. The highest BCUT2D eigenvalue weighted by atomic mass is 17.0. The Labute approximate surface area is 73.7 Å². The minimum atomic E-state index is 0.833. The molecule has 0 saturated heterocycles. The zero-order chi connectivity index (χ0) is 9.66. The van der Waals surface area contributed by atoms with Crippen molar-refractivity contribution in [2.24, 2.45) is 0 Å². The maximum atomic E-state index is 9.81. The van der Waals surface area contributed by atoms with Crippen molar-refractivity contribution in [2.75, 3.05) is 0 Å². The van der Waals surface area contributed by atoms with Crippen LogP contribution < -0.4 is 0 Å². The van der Waals surface area contributed by atoms with Crippen molar-refractivity contribution in [1.82, 2.24) is 0 Å². The van der Waals surface area contributed by atoms with E-state index in [9.17, 15) is 4.79 Å². The van der Waals surface area contributed by atoms with Crippen LogP contribution in [-0.4, -0.2) is 16.8 Å². The van der Waals surface area contributed by atoms with Crippen LogP contribution >= 0.6 is 0 Å². The molecule has 0 rings (SSSR count). The molecule has 0 fully saturated rings. The SMILES string of the molecule is CCCCCCC=CC=O.OO. The molecule has 72 valence electrons. The first-order chi connectivity index (χ1) is 5.91. The van der Waals surface area contributed by atoms with E-state index in [1.807, 2.05) is 6.08 Å². The Morgan fingerprint density at radius 3 is 2.33 bits per heavy atom. The number of unbranched alkanes of at least 4 members (excludes halogenated alkanes) is 4. The minimum Gasteiger partial charge on any atom is -0.299 e. The van der Waals surface area contributed by atoms with Crippen LogP contribution in [0.15, 0.2) is 12.2 Å². The smallest absolute Gasteiger partial charge is 0.142 e. The predicted octanol–water partition coefficient (Wildman–Crippen LogP) is 2.73. The average molecular weight is 174 g/mol. The summed E-state index contributed by atoms with van der Waals surface area (Å²) in [7, 11) is 0. The number of rotatable bonds is 6. The van der Waals surface area contributed by atoms with Crippen molar-refractivity contribution >= 4 is 6.29 Å². The third-order valence-corrected chi connectivity index (χ3v) is 1.44. The summed E-state index contributed by atoms with van der Waals surface area (Å²) in [6, 6.07) is 0. The van der Waals surface area contributed by atoms with Gasteiger partial charge in [-0.05, 0) is 18.9 Å². The summed E-state index contributed by atoms with van der Waals surface area (Å²) in [6.45, 7) is 2.20. The largest absolute Gasteiger partial charge is 0.299 e. The molecule has 0 aromatic carbocycles. The van der Waals surface area contributed by atoms with E-state index in [1.165, 1.54) is 25.7 Å². The Bertz CT molecular complexity index is 99.9. The van der Waals surface area contributed by atoms with E-state index < -0.39 is 0 Å². The van der Waals surface area contributed by atoms with Gasteiger partial charge in [-0.2, -0.15) is 0 Å². The van der Waals surface area contributed by atoms with E-state index in [1.54, 1.807) is 6.08 Å². The molecule has 0 unspecified atom stereocenters. The van der Waals surface area contributed by atoms with E-state index in [0.717, 1.165) is 12.7 Å². The summed E-state index contributed by atoms with van der Waals surface area (Å²) in [4.78, 5) is 9.81. The molecule has 2 N–H and O–H groups in total. The third kappa shape index (κ3) is 16.2. The van der Waals surface area contributed by atoms with Gasteiger partial charge in [0.15, 0.2) is 0 Å². The molecule has 0 aliphatic carbocycles. The molecule has 0 radical (unpaired) electrons. The van der Waals surface area contributed by atoms with Gasteiger partial charge in [-0.15, -0.1) is 0 Å². The highest BCUT2D eigenvalue weighted by Gasteiger charge is 1.82. The molecule has 0 atom stereocenters.